The van der Waals surface area contributed by atoms with Gasteiger partial charge in [-0.05, 0) is 42.5 Å². The van der Waals surface area contributed by atoms with Gasteiger partial charge in [-0.1, -0.05) is 18.2 Å². The van der Waals surface area contributed by atoms with E-state index < -0.39 is 12.3 Å². The van der Waals surface area contributed by atoms with Gasteiger partial charge in [0, 0.05) is 0 Å². The predicted molar refractivity (Wildman–Crippen MR) is 58.2 cm³/mol. The molecule has 86 valence electrons. The molecule has 0 heterocycles. The summed E-state index contributed by atoms with van der Waals surface area (Å²) >= 11 is 0. The summed E-state index contributed by atoms with van der Waals surface area (Å²) in [6.45, 7) is 0. The summed E-state index contributed by atoms with van der Waals surface area (Å²) < 4.78 is 25.6. The van der Waals surface area contributed by atoms with Crippen molar-refractivity contribution >= 4 is 0 Å². The van der Waals surface area contributed by atoms with E-state index in [0.29, 0.717) is 24.8 Å². The standard InChI is InChI=1S/C13H14F2O/c14-11-5-1-9(2-6-11)13(16)10-3-7-12(15)8-4-10/h1-3,5-6,12-13,16H,4,7-8H2. The molecular formula is C13H14F2O. The van der Waals surface area contributed by atoms with Crippen molar-refractivity contribution in [3.8, 4) is 0 Å². The van der Waals surface area contributed by atoms with E-state index in [1.165, 1.54) is 12.1 Å². The molecule has 0 spiro atoms. The molecule has 0 saturated heterocycles. The van der Waals surface area contributed by atoms with Crippen LogP contribution in [0.25, 0.3) is 0 Å². The number of benzene rings is 1. The van der Waals surface area contributed by atoms with Crippen LogP contribution in [-0.2, 0) is 0 Å². The van der Waals surface area contributed by atoms with Gasteiger partial charge in [0.2, 0.25) is 0 Å². The zero-order valence-corrected chi connectivity index (χ0v) is 8.87. The maximum Gasteiger partial charge on any atom is 0.123 e. The van der Waals surface area contributed by atoms with E-state index in [1.807, 2.05) is 0 Å². The van der Waals surface area contributed by atoms with Gasteiger partial charge in [0.25, 0.3) is 0 Å². The Kier molecular flexibility index (Phi) is 3.34. The topological polar surface area (TPSA) is 20.2 Å². The molecule has 3 heteroatoms. The van der Waals surface area contributed by atoms with Gasteiger partial charge < -0.3 is 5.11 Å². The van der Waals surface area contributed by atoms with Gasteiger partial charge in [-0.2, -0.15) is 0 Å². The van der Waals surface area contributed by atoms with Gasteiger partial charge in [0.1, 0.15) is 18.1 Å². The highest BCUT2D eigenvalue weighted by Gasteiger charge is 2.19. The highest BCUT2D eigenvalue weighted by molar-refractivity contribution is 5.27. The fraction of sp³-hybridized carbons (Fsp3) is 0.385. The van der Waals surface area contributed by atoms with Crippen LogP contribution in [0.2, 0.25) is 0 Å². The van der Waals surface area contributed by atoms with Gasteiger partial charge in [0.05, 0.1) is 0 Å². The summed E-state index contributed by atoms with van der Waals surface area (Å²) in [6.07, 6.45) is 1.64. The van der Waals surface area contributed by atoms with Gasteiger partial charge in [-0.15, -0.1) is 0 Å². The fourth-order valence-corrected chi connectivity index (χ4v) is 1.93. The number of halogens is 2. The van der Waals surface area contributed by atoms with Crippen LogP contribution in [0.5, 0.6) is 0 Å². The number of allylic oxidation sites excluding steroid dienone is 1. The average molecular weight is 224 g/mol. The molecule has 1 aliphatic rings. The largest absolute Gasteiger partial charge is 0.384 e. The van der Waals surface area contributed by atoms with Crippen LogP contribution in [-0.4, -0.2) is 11.3 Å². The lowest BCUT2D eigenvalue weighted by Crippen LogP contribution is -2.10. The molecule has 0 saturated carbocycles. The van der Waals surface area contributed by atoms with Gasteiger partial charge in [-0.25, -0.2) is 8.78 Å². The van der Waals surface area contributed by atoms with Crippen LogP contribution >= 0.6 is 0 Å². The summed E-state index contributed by atoms with van der Waals surface area (Å²) in [5.74, 6) is -0.322. The molecule has 2 atom stereocenters. The number of hydrogen-bond donors (Lipinski definition) is 1. The molecule has 16 heavy (non-hydrogen) atoms. The first kappa shape index (κ1) is 11.3. The number of rotatable bonds is 2. The summed E-state index contributed by atoms with van der Waals surface area (Å²) in [6, 6.07) is 5.75. The third kappa shape index (κ3) is 2.47. The highest BCUT2D eigenvalue weighted by Crippen LogP contribution is 2.30. The van der Waals surface area contributed by atoms with E-state index in [2.05, 4.69) is 0 Å². The Morgan fingerprint density at radius 1 is 1.25 bits per heavy atom. The minimum absolute atomic E-state index is 0.322. The minimum atomic E-state index is -0.788. The van der Waals surface area contributed by atoms with Crippen molar-refractivity contribution < 1.29 is 13.9 Å². The van der Waals surface area contributed by atoms with E-state index in [-0.39, 0.29) is 5.82 Å². The first-order valence-electron chi connectivity index (χ1n) is 5.43. The van der Waals surface area contributed by atoms with E-state index in [9.17, 15) is 13.9 Å². The average Bonchev–Trinajstić information content (AvgIpc) is 2.30. The second-order valence-electron chi connectivity index (χ2n) is 4.10. The van der Waals surface area contributed by atoms with E-state index >= 15 is 0 Å². The van der Waals surface area contributed by atoms with Crippen LogP contribution < -0.4 is 0 Å². The Hall–Kier alpha value is -1.22. The molecule has 0 bridgehead atoms. The van der Waals surface area contributed by atoms with Crippen LogP contribution in [0.4, 0.5) is 8.78 Å². The van der Waals surface area contributed by atoms with Crippen molar-refractivity contribution in [3.63, 3.8) is 0 Å². The summed E-state index contributed by atoms with van der Waals surface area (Å²) in [7, 11) is 0. The Balaban J connectivity index is 2.13. The molecule has 1 aromatic carbocycles. The molecular weight excluding hydrogens is 210 g/mol. The second-order valence-corrected chi connectivity index (χ2v) is 4.10. The van der Waals surface area contributed by atoms with Crippen LogP contribution in [0.3, 0.4) is 0 Å². The van der Waals surface area contributed by atoms with Crippen LogP contribution in [0.15, 0.2) is 35.9 Å². The maximum absolute atomic E-state index is 12.9. The highest BCUT2D eigenvalue weighted by atomic mass is 19.1. The second kappa shape index (κ2) is 4.74. The van der Waals surface area contributed by atoms with E-state index in [0.717, 1.165) is 5.57 Å². The normalized spacial score (nSPS) is 22.7. The number of aliphatic hydroxyl groups excluding tert-OH is 1. The third-order valence-corrected chi connectivity index (χ3v) is 2.92. The van der Waals surface area contributed by atoms with E-state index in [1.54, 1.807) is 18.2 Å². The molecule has 0 amide bonds. The summed E-state index contributed by atoms with van der Waals surface area (Å²) in [4.78, 5) is 0. The fourth-order valence-electron chi connectivity index (χ4n) is 1.93. The molecule has 1 N–H and O–H groups in total. The van der Waals surface area contributed by atoms with Crippen molar-refractivity contribution in [2.45, 2.75) is 31.5 Å². The number of aliphatic hydroxyl groups is 1. The molecule has 0 aromatic heterocycles. The molecule has 2 rings (SSSR count). The maximum atomic E-state index is 12.9. The first-order valence-corrected chi connectivity index (χ1v) is 5.43. The first-order chi connectivity index (χ1) is 7.66. The van der Waals surface area contributed by atoms with Gasteiger partial charge in [0.15, 0.2) is 0 Å². The van der Waals surface area contributed by atoms with Crippen LogP contribution in [0.1, 0.15) is 30.9 Å². The minimum Gasteiger partial charge on any atom is -0.384 e. The predicted octanol–water partition coefficient (Wildman–Crippen LogP) is 3.31. The van der Waals surface area contributed by atoms with E-state index in [4.69, 9.17) is 0 Å². The molecule has 0 aliphatic heterocycles. The summed E-state index contributed by atoms with van der Waals surface area (Å²) in [5.41, 5.74) is 1.49. The molecule has 0 radical (unpaired) electrons. The number of alkyl halides is 1. The number of hydrogen-bond acceptors (Lipinski definition) is 1. The van der Waals surface area contributed by atoms with Crippen LogP contribution in [0, 0.1) is 5.82 Å². The Labute approximate surface area is 93.4 Å². The molecule has 1 aromatic rings. The van der Waals surface area contributed by atoms with Crippen molar-refractivity contribution in [1.29, 1.82) is 0 Å². The van der Waals surface area contributed by atoms with Gasteiger partial charge in [-0.3, -0.25) is 0 Å². The quantitative estimate of drug-likeness (QED) is 0.764. The lowest BCUT2D eigenvalue weighted by atomic mass is 9.91. The SMILES string of the molecule is OC(C1=CCC(F)CC1)c1ccc(F)cc1. The lowest BCUT2D eigenvalue weighted by molar-refractivity contribution is 0.200. The smallest absolute Gasteiger partial charge is 0.123 e. The zero-order chi connectivity index (χ0) is 11.5. The Morgan fingerprint density at radius 3 is 2.50 bits per heavy atom. The lowest BCUT2D eigenvalue weighted by Gasteiger charge is -2.20. The third-order valence-electron chi connectivity index (χ3n) is 2.92. The van der Waals surface area contributed by atoms with Crippen molar-refractivity contribution in [3.05, 3.63) is 47.3 Å². The van der Waals surface area contributed by atoms with Crippen molar-refractivity contribution in [2.75, 3.05) is 0 Å². The molecule has 1 nitrogen and oxygen atoms in total. The summed E-state index contributed by atoms with van der Waals surface area (Å²) in [5, 5.41) is 10.0. The molecule has 0 fully saturated rings. The Morgan fingerprint density at radius 2 is 1.94 bits per heavy atom. The molecule has 2 unspecified atom stereocenters. The van der Waals surface area contributed by atoms with Gasteiger partial charge >= 0.3 is 0 Å². The zero-order valence-electron chi connectivity index (χ0n) is 8.87. The van der Waals surface area contributed by atoms with Crippen molar-refractivity contribution in [1.82, 2.24) is 0 Å². The monoisotopic (exact) mass is 224 g/mol. The molecule has 1 aliphatic carbocycles. The van der Waals surface area contributed by atoms with Crippen molar-refractivity contribution in [2.24, 2.45) is 0 Å². The Bertz CT molecular complexity index is 383.